The van der Waals surface area contributed by atoms with Crippen LogP contribution in [0.5, 0.6) is 0 Å². The van der Waals surface area contributed by atoms with Gasteiger partial charge in [-0.3, -0.25) is 14.7 Å². The Balaban J connectivity index is 0.000000317. The van der Waals surface area contributed by atoms with E-state index in [1.165, 1.54) is 0 Å². The van der Waals surface area contributed by atoms with E-state index in [9.17, 15) is 31.1 Å². The summed E-state index contributed by atoms with van der Waals surface area (Å²) in [5, 5.41) is 17.3. The molecular formula is C23H29F6N3O7. The van der Waals surface area contributed by atoms with Gasteiger partial charge >= 0.3 is 24.3 Å². The number of halogens is 6. The SMILES string of the molecule is O=C(NCC1CCOCC1)[C@H]1C[C@H]2[C@H](CCN2Cc2ccccn2)O1.O=C(O)C(F)(F)F.O=C(O)C(F)(F)F. The molecule has 3 aliphatic heterocycles. The molecule has 0 aliphatic carbocycles. The number of carbonyl (C=O) groups excluding carboxylic acids is 1. The minimum atomic E-state index is -5.08. The zero-order valence-electron chi connectivity index (χ0n) is 20.6. The van der Waals surface area contributed by atoms with E-state index in [-0.39, 0.29) is 18.1 Å². The minimum Gasteiger partial charge on any atom is -0.475 e. The van der Waals surface area contributed by atoms with Gasteiger partial charge in [-0.15, -0.1) is 0 Å². The Kier molecular flexibility index (Phi) is 11.9. The second kappa shape index (κ2) is 14.4. The molecule has 220 valence electrons. The van der Waals surface area contributed by atoms with Crippen LogP contribution in [-0.4, -0.2) is 94.8 Å². The number of aliphatic carboxylic acids is 2. The third kappa shape index (κ3) is 11.0. The first-order valence-electron chi connectivity index (χ1n) is 11.9. The molecule has 39 heavy (non-hydrogen) atoms. The number of likely N-dealkylation sites (tertiary alicyclic amines) is 1. The lowest BCUT2D eigenvalue weighted by Crippen LogP contribution is -2.39. The predicted octanol–water partition coefficient (Wildman–Crippen LogP) is 2.62. The third-order valence-electron chi connectivity index (χ3n) is 6.17. The number of ether oxygens (including phenoxy) is 2. The standard InChI is InChI=1S/C19H27N3O3.2C2HF3O2/c23-19(21-12-14-5-9-24-10-6-14)18-11-16-17(25-18)4-8-22(16)13-15-3-1-2-7-20-15;2*3-2(4,5)1(6)7/h1-3,7,14,16-18H,4-6,8-13H2,(H,21,23);2*(H,6,7)/t16-,17-,18+;;/m0../s1. The average Bonchev–Trinajstić information content (AvgIpc) is 3.45. The molecular weight excluding hydrogens is 544 g/mol. The summed E-state index contributed by atoms with van der Waals surface area (Å²) in [6.45, 7) is 4.22. The van der Waals surface area contributed by atoms with Gasteiger partial charge in [0.05, 0.1) is 11.8 Å². The van der Waals surface area contributed by atoms with E-state index in [2.05, 4.69) is 21.3 Å². The maximum atomic E-state index is 12.5. The topological polar surface area (TPSA) is 138 Å². The van der Waals surface area contributed by atoms with Gasteiger partial charge < -0.3 is 25.0 Å². The maximum absolute atomic E-state index is 12.5. The maximum Gasteiger partial charge on any atom is 0.490 e. The van der Waals surface area contributed by atoms with Crippen LogP contribution in [0.1, 0.15) is 31.4 Å². The summed E-state index contributed by atoms with van der Waals surface area (Å²) >= 11 is 0. The second-order valence-electron chi connectivity index (χ2n) is 8.95. The molecule has 3 N–H and O–H groups in total. The number of pyridine rings is 1. The Bertz CT molecular complexity index is 918. The number of carboxylic acid groups (broad SMARTS) is 2. The lowest BCUT2D eigenvalue weighted by Gasteiger charge is -2.23. The monoisotopic (exact) mass is 573 g/mol. The molecule has 1 amide bonds. The smallest absolute Gasteiger partial charge is 0.475 e. The first-order chi connectivity index (χ1) is 18.2. The lowest BCUT2D eigenvalue weighted by atomic mass is 10.0. The molecule has 4 heterocycles. The van der Waals surface area contributed by atoms with E-state index in [4.69, 9.17) is 29.3 Å². The van der Waals surface area contributed by atoms with Crippen molar-refractivity contribution in [2.24, 2.45) is 5.92 Å². The summed E-state index contributed by atoms with van der Waals surface area (Å²) in [7, 11) is 0. The number of nitrogens with zero attached hydrogens (tertiary/aromatic N) is 2. The summed E-state index contributed by atoms with van der Waals surface area (Å²) < 4.78 is 74.9. The number of hydrogen-bond donors (Lipinski definition) is 3. The predicted molar refractivity (Wildman–Crippen MR) is 120 cm³/mol. The fourth-order valence-electron chi connectivity index (χ4n) is 4.21. The first-order valence-corrected chi connectivity index (χ1v) is 11.9. The molecule has 0 saturated carbocycles. The quantitative estimate of drug-likeness (QED) is 0.454. The van der Waals surface area contributed by atoms with Crippen molar-refractivity contribution in [1.29, 1.82) is 0 Å². The number of amides is 1. The number of nitrogens with one attached hydrogen (secondary N) is 1. The molecule has 4 rings (SSSR count). The molecule has 0 unspecified atom stereocenters. The highest BCUT2D eigenvalue weighted by Crippen LogP contribution is 2.33. The average molecular weight is 573 g/mol. The highest BCUT2D eigenvalue weighted by molar-refractivity contribution is 5.81. The zero-order chi connectivity index (χ0) is 29.2. The van der Waals surface area contributed by atoms with Crippen LogP contribution in [0.4, 0.5) is 26.3 Å². The fraction of sp³-hybridized carbons (Fsp3) is 0.652. The summed E-state index contributed by atoms with van der Waals surface area (Å²) in [6, 6.07) is 6.35. The van der Waals surface area contributed by atoms with Crippen LogP contribution in [0, 0.1) is 5.92 Å². The molecule has 0 aromatic carbocycles. The van der Waals surface area contributed by atoms with Gasteiger partial charge in [0.2, 0.25) is 5.91 Å². The molecule has 0 spiro atoms. The van der Waals surface area contributed by atoms with E-state index in [1.807, 2.05) is 18.3 Å². The van der Waals surface area contributed by atoms with Crippen LogP contribution in [0.15, 0.2) is 24.4 Å². The summed E-state index contributed by atoms with van der Waals surface area (Å²) in [5.74, 6) is -4.92. The third-order valence-corrected chi connectivity index (χ3v) is 6.17. The van der Waals surface area contributed by atoms with Crippen LogP contribution >= 0.6 is 0 Å². The van der Waals surface area contributed by atoms with Gasteiger partial charge in [-0.1, -0.05) is 6.07 Å². The highest BCUT2D eigenvalue weighted by Gasteiger charge is 2.45. The van der Waals surface area contributed by atoms with Crippen molar-refractivity contribution in [3.8, 4) is 0 Å². The van der Waals surface area contributed by atoms with Crippen molar-refractivity contribution >= 4 is 17.8 Å². The number of carboxylic acids is 2. The van der Waals surface area contributed by atoms with Crippen molar-refractivity contribution < 1.29 is 60.4 Å². The van der Waals surface area contributed by atoms with Gasteiger partial charge in [0, 0.05) is 51.5 Å². The molecule has 3 aliphatic rings. The fourth-order valence-corrected chi connectivity index (χ4v) is 4.21. The van der Waals surface area contributed by atoms with Gasteiger partial charge in [-0.05, 0) is 37.3 Å². The van der Waals surface area contributed by atoms with Gasteiger partial charge in [0.15, 0.2) is 0 Å². The molecule has 16 heteroatoms. The number of alkyl halides is 6. The number of fused-ring (bicyclic) bond motifs is 1. The molecule has 3 atom stereocenters. The second-order valence-corrected chi connectivity index (χ2v) is 8.95. The molecule has 1 aromatic heterocycles. The van der Waals surface area contributed by atoms with E-state index >= 15 is 0 Å². The van der Waals surface area contributed by atoms with Gasteiger partial charge in [0.25, 0.3) is 0 Å². The number of hydrogen-bond acceptors (Lipinski definition) is 7. The van der Waals surface area contributed by atoms with E-state index in [0.717, 1.165) is 64.2 Å². The molecule has 10 nitrogen and oxygen atoms in total. The summed E-state index contributed by atoms with van der Waals surface area (Å²) in [5.41, 5.74) is 1.08. The molecule has 0 bridgehead atoms. The van der Waals surface area contributed by atoms with Crippen LogP contribution in [0.2, 0.25) is 0 Å². The van der Waals surface area contributed by atoms with Gasteiger partial charge in [-0.25, -0.2) is 9.59 Å². The van der Waals surface area contributed by atoms with Gasteiger partial charge in [-0.2, -0.15) is 26.3 Å². The van der Waals surface area contributed by atoms with Crippen molar-refractivity contribution in [2.45, 2.75) is 62.8 Å². The largest absolute Gasteiger partial charge is 0.490 e. The molecule has 0 radical (unpaired) electrons. The Morgan fingerprint density at radius 1 is 1.00 bits per heavy atom. The van der Waals surface area contributed by atoms with Crippen molar-refractivity contribution in [2.75, 3.05) is 26.3 Å². The van der Waals surface area contributed by atoms with Crippen LogP contribution in [-0.2, 0) is 30.4 Å². The molecule has 3 saturated heterocycles. The Hall–Kier alpha value is -2.98. The van der Waals surface area contributed by atoms with E-state index < -0.39 is 24.3 Å². The van der Waals surface area contributed by atoms with Crippen molar-refractivity contribution in [3.63, 3.8) is 0 Å². The normalized spacial score (nSPS) is 23.5. The number of aromatic nitrogens is 1. The number of rotatable bonds is 5. The Morgan fingerprint density at radius 3 is 2.10 bits per heavy atom. The minimum absolute atomic E-state index is 0.0543. The van der Waals surface area contributed by atoms with E-state index in [1.54, 1.807) is 0 Å². The Morgan fingerprint density at radius 2 is 1.59 bits per heavy atom. The summed E-state index contributed by atoms with van der Waals surface area (Å²) in [4.78, 5) is 37.1. The van der Waals surface area contributed by atoms with Crippen molar-refractivity contribution in [1.82, 2.24) is 15.2 Å². The Labute approximate surface area is 219 Å². The van der Waals surface area contributed by atoms with Crippen LogP contribution < -0.4 is 5.32 Å². The van der Waals surface area contributed by atoms with Crippen molar-refractivity contribution in [3.05, 3.63) is 30.1 Å². The van der Waals surface area contributed by atoms with E-state index in [0.29, 0.717) is 12.0 Å². The molecule has 3 fully saturated rings. The summed E-state index contributed by atoms with van der Waals surface area (Å²) in [6.07, 6.45) is -4.59. The number of carbonyl (C=O) groups is 3. The van der Waals surface area contributed by atoms with Crippen LogP contribution in [0.3, 0.4) is 0 Å². The first kappa shape index (κ1) is 32.2. The lowest BCUT2D eigenvalue weighted by molar-refractivity contribution is -0.193. The highest BCUT2D eigenvalue weighted by atomic mass is 19.4. The van der Waals surface area contributed by atoms with Crippen LogP contribution in [0.25, 0.3) is 0 Å². The molecule has 1 aromatic rings. The van der Waals surface area contributed by atoms with Gasteiger partial charge in [0.1, 0.15) is 6.10 Å². The zero-order valence-corrected chi connectivity index (χ0v) is 20.6.